The molecule has 0 atom stereocenters. The Labute approximate surface area is 82.9 Å². The lowest BCUT2D eigenvalue weighted by Crippen LogP contribution is -2.29. The quantitative estimate of drug-likeness (QED) is 0.697. The number of halogens is 1. The third-order valence-electron chi connectivity index (χ3n) is 2.71. The second kappa shape index (κ2) is 3.58. The smallest absolute Gasteiger partial charge is 0.140 e. The van der Waals surface area contributed by atoms with Gasteiger partial charge in [0.25, 0.3) is 0 Å². The first kappa shape index (κ1) is 9.46. The van der Waals surface area contributed by atoms with Crippen LogP contribution in [0.15, 0.2) is 24.3 Å². The zero-order chi connectivity index (χ0) is 10.0. The summed E-state index contributed by atoms with van der Waals surface area (Å²) in [6.07, 6.45) is 0.883. The maximum atomic E-state index is 14.3. The molecule has 2 rings (SSSR count). The normalized spacial score (nSPS) is 20.6. The molecule has 0 amide bonds. The summed E-state index contributed by atoms with van der Waals surface area (Å²) in [4.78, 5) is 0. The summed E-state index contributed by atoms with van der Waals surface area (Å²) in [5.41, 5.74) is 5.72. The Bertz CT molecular complexity index is 304. The zero-order valence-electron chi connectivity index (χ0n) is 8.00. The highest BCUT2D eigenvalue weighted by molar-refractivity contribution is 5.41. The molecule has 0 aliphatic carbocycles. The highest BCUT2D eigenvalue weighted by atomic mass is 19.1. The summed E-state index contributed by atoms with van der Waals surface area (Å²) in [6, 6.07) is 7.01. The van der Waals surface area contributed by atoms with E-state index in [1.54, 1.807) is 24.3 Å². The number of ether oxygens (including phenoxy) is 1. The Balaban J connectivity index is 2.23. The molecule has 76 valence electrons. The molecule has 1 aromatic rings. The highest BCUT2D eigenvalue weighted by Gasteiger charge is 2.33. The molecule has 2 nitrogen and oxygen atoms in total. The van der Waals surface area contributed by atoms with Gasteiger partial charge in [0.1, 0.15) is 5.67 Å². The number of nitrogens with two attached hydrogens (primary N) is 1. The minimum Gasteiger partial charge on any atom is -0.399 e. The Morgan fingerprint density at radius 3 is 2.29 bits per heavy atom. The predicted molar refractivity (Wildman–Crippen MR) is 53.7 cm³/mol. The van der Waals surface area contributed by atoms with Crippen LogP contribution in [0.5, 0.6) is 0 Å². The summed E-state index contributed by atoms with van der Waals surface area (Å²) in [6.45, 7) is 1.00. The van der Waals surface area contributed by atoms with Crippen molar-refractivity contribution in [2.75, 3.05) is 18.9 Å². The molecule has 0 unspecified atom stereocenters. The van der Waals surface area contributed by atoms with Crippen molar-refractivity contribution in [3.63, 3.8) is 0 Å². The van der Waals surface area contributed by atoms with Gasteiger partial charge >= 0.3 is 0 Å². The van der Waals surface area contributed by atoms with Crippen LogP contribution in [0.2, 0.25) is 0 Å². The van der Waals surface area contributed by atoms with Crippen LogP contribution in [0.3, 0.4) is 0 Å². The highest BCUT2D eigenvalue weighted by Crippen LogP contribution is 2.36. The van der Waals surface area contributed by atoms with Gasteiger partial charge in [-0.25, -0.2) is 4.39 Å². The SMILES string of the molecule is Nc1ccc(C2(F)CCOCC2)cc1. The Hall–Kier alpha value is -1.09. The summed E-state index contributed by atoms with van der Waals surface area (Å²) < 4.78 is 19.5. The second-order valence-corrected chi connectivity index (χ2v) is 3.70. The molecule has 0 spiro atoms. The zero-order valence-corrected chi connectivity index (χ0v) is 8.00. The van der Waals surface area contributed by atoms with Gasteiger partial charge in [0.2, 0.25) is 0 Å². The third-order valence-corrected chi connectivity index (χ3v) is 2.71. The van der Waals surface area contributed by atoms with Gasteiger partial charge in [-0.1, -0.05) is 12.1 Å². The van der Waals surface area contributed by atoms with Crippen LogP contribution in [0.4, 0.5) is 10.1 Å². The van der Waals surface area contributed by atoms with Crippen molar-refractivity contribution in [3.05, 3.63) is 29.8 Å². The number of hydrogen-bond acceptors (Lipinski definition) is 2. The van der Waals surface area contributed by atoms with Crippen LogP contribution >= 0.6 is 0 Å². The van der Waals surface area contributed by atoms with Crippen molar-refractivity contribution in [2.45, 2.75) is 18.5 Å². The average Bonchev–Trinajstić information content (AvgIpc) is 2.19. The largest absolute Gasteiger partial charge is 0.399 e. The molecule has 1 saturated heterocycles. The molecular weight excluding hydrogens is 181 g/mol. The monoisotopic (exact) mass is 195 g/mol. The molecule has 1 aromatic carbocycles. The van der Waals surface area contributed by atoms with Crippen molar-refractivity contribution in [1.29, 1.82) is 0 Å². The van der Waals surface area contributed by atoms with E-state index in [9.17, 15) is 4.39 Å². The molecule has 1 fully saturated rings. The van der Waals surface area contributed by atoms with Crippen LogP contribution in [-0.4, -0.2) is 13.2 Å². The minimum atomic E-state index is -1.22. The first-order chi connectivity index (χ1) is 6.71. The Morgan fingerprint density at radius 1 is 1.14 bits per heavy atom. The first-order valence-corrected chi connectivity index (χ1v) is 4.83. The van der Waals surface area contributed by atoms with Crippen molar-refractivity contribution < 1.29 is 9.13 Å². The Kier molecular flexibility index (Phi) is 2.42. The number of anilines is 1. The van der Waals surface area contributed by atoms with Gasteiger partial charge in [-0.2, -0.15) is 0 Å². The van der Waals surface area contributed by atoms with Crippen molar-refractivity contribution in [1.82, 2.24) is 0 Å². The lowest BCUT2D eigenvalue weighted by atomic mass is 9.88. The van der Waals surface area contributed by atoms with E-state index in [0.717, 1.165) is 5.56 Å². The van der Waals surface area contributed by atoms with Gasteiger partial charge in [0.05, 0.1) is 0 Å². The molecule has 3 heteroatoms. The lowest BCUT2D eigenvalue weighted by molar-refractivity contribution is -0.0114. The van der Waals surface area contributed by atoms with E-state index in [1.165, 1.54) is 0 Å². The van der Waals surface area contributed by atoms with Gasteiger partial charge in [0.15, 0.2) is 0 Å². The van der Waals surface area contributed by atoms with Crippen molar-refractivity contribution in [3.8, 4) is 0 Å². The fourth-order valence-corrected chi connectivity index (χ4v) is 1.77. The molecule has 1 aliphatic heterocycles. The molecule has 0 saturated carbocycles. The molecule has 0 aromatic heterocycles. The van der Waals surface area contributed by atoms with E-state index in [-0.39, 0.29) is 0 Å². The van der Waals surface area contributed by atoms with Gasteiger partial charge in [-0.05, 0) is 17.7 Å². The van der Waals surface area contributed by atoms with Crippen molar-refractivity contribution in [2.24, 2.45) is 0 Å². The van der Waals surface area contributed by atoms with Gasteiger partial charge in [0, 0.05) is 31.7 Å². The number of nitrogen functional groups attached to an aromatic ring is 1. The minimum absolute atomic E-state index is 0.441. The maximum absolute atomic E-state index is 14.3. The number of hydrogen-bond donors (Lipinski definition) is 1. The number of alkyl halides is 1. The standard InChI is InChI=1S/C11H14FNO/c12-11(5-7-14-8-6-11)9-1-3-10(13)4-2-9/h1-4H,5-8,13H2. The van der Waals surface area contributed by atoms with Crippen LogP contribution in [0.1, 0.15) is 18.4 Å². The number of rotatable bonds is 1. The van der Waals surface area contributed by atoms with E-state index in [2.05, 4.69) is 0 Å². The van der Waals surface area contributed by atoms with E-state index < -0.39 is 5.67 Å². The molecule has 14 heavy (non-hydrogen) atoms. The number of benzene rings is 1. The fraction of sp³-hybridized carbons (Fsp3) is 0.455. The van der Waals surface area contributed by atoms with E-state index in [1.807, 2.05) is 0 Å². The molecule has 1 aliphatic rings. The Morgan fingerprint density at radius 2 is 1.71 bits per heavy atom. The third kappa shape index (κ3) is 1.73. The predicted octanol–water partition coefficient (Wildman–Crippen LogP) is 2.24. The second-order valence-electron chi connectivity index (χ2n) is 3.70. The van der Waals surface area contributed by atoms with Crippen molar-refractivity contribution >= 4 is 5.69 Å². The molecular formula is C11H14FNO. The summed E-state index contributed by atoms with van der Waals surface area (Å²) in [7, 11) is 0. The van der Waals surface area contributed by atoms with Crippen LogP contribution in [0, 0.1) is 0 Å². The van der Waals surface area contributed by atoms with Crippen LogP contribution in [-0.2, 0) is 10.4 Å². The van der Waals surface area contributed by atoms with Gasteiger partial charge in [-0.3, -0.25) is 0 Å². The molecule has 2 N–H and O–H groups in total. The van der Waals surface area contributed by atoms with E-state index in [4.69, 9.17) is 10.5 Å². The molecule has 0 radical (unpaired) electrons. The average molecular weight is 195 g/mol. The summed E-state index contributed by atoms with van der Waals surface area (Å²) in [5, 5.41) is 0. The summed E-state index contributed by atoms with van der Waals surface area (Å²) in [5.74, 6) is 0. The topological polar surface area (TPSA) is 35.2 Å². The summed E-state index contributed by atoms with van der Waals surface area (Å²) >= 11 is 0. The van der Waals surface area contributed by atoms with Gasteiger partial charge in [-0.15, -0.1) is 0 Å². The van der Waals surface area contributed by atoms with E-state index >= 15 is 0 Å². The maximum Gasteiger partial charge on any atom is 0.140 e. The first-order valence-electron chi connectivity index (χ1n) is 4.83. The molecule has 1 heterocycles. The van der Waals surface area contributed by atoms with Crippen LogP contribution < -0.4 is 5.73 Å². The van der Waals surface area contributed by atoms with Gasteiger partial charge < -0.3 is 10.5 Å². The van der Waals surface area contributed by atoms with E-state index in [0.29, 0.717) is 31.7 Å². The fourth-order valence-electron chi connectivity index (χ4n) is 1.77. The van der Waals surface area contributed by atoms with Crippen LogP contribution in [0.25, 0.3) is 0 Å². The lowest BCUT2D eigenvalue weighted by Gasteiger charge is -2.29. The molecule has 0 bridgehead atoms.